The Hall–Kier alpha value is -2.15. The SMILES string of the molecule is COc1cc(Cc2sc(=O)[nH]c2O)cc(OC)c1OC. The summed E-state index contributed by atoms with van der Waals surface area (Å²) in [6.07, 6.45) is 0.395. The summed E-state index contributed by atoms with van der Waals surface area (Å²) in [6, 6.07) is 3.57. The van der Waals surface area contributed by atoms with Gasteiger partial charge >= 0.3 is 4.87 Å². The summed E-state index contributed by atoms with van der Waals surface area (Å²) in [7, 11) is 4.60. The van der Waals surface area contributed by atoms with E-state index in [2.05, 4.69) is 4.98 Å². The Balaban J connectivity index is 2.42. The molecule has 0 radical (unpaired) electrons. The predicted octanol–water partition coefficient (Wildman–Crippen LogP) is 1.76. The lowest BCUT2D eigenvalue weighted by molar-refractivity contribution is 0.324. The molecule has 0 aliphatic rings. The number of thiazole rings is 1. The van der Waals surface area contributed by atoms with Crippen LogP contribution in [0.1, 0.15) is 10.4 Å². The Bertz CT molecular complexity index is 636. The molecule has 0 bridgehead atoms. The molecule has 7 heteroatoms. The van der Waals surface area contributed by atoms with E-state index in [4.69, 9.17) is 14.2 Å². The molecule has 2 aromatic rings. The highest BCUT2D eigenvalue weighted by Crippen LogP contribution is 2.39. The van der Waals surface area contributed by atoms with Crippen molar-refractivity contribution in [1.29, 1.82) is 0 Å². The minimum absolute atomic E-state index is 0.103. The lowest BCUT2D eigenvalue weighted by atomic mass is 10.1. The van der Waals surface area contributed by atoms with Crippen molar-refractivity contribution in [3.05, 3.63) is 32.2 Å². The van der Waals surface area contributed by atoms with Crippen molar-refractivity contribution in [1.82, 2.24) is 4.98 Å². The number of aromatic nitrogens is 1. The number of aromatic hydroxyl groups is 1. The maximum absolute atomic E-state index is 11.2. The van der Waals surface area contributed by atoms with Gasteiger partial charge < -0.3 is 19.3 Å². The van der Waals surface area contributed by atoms with Gasteiger partial charge in [0.1, 0.15) is 0 Å². The van der Waals surface area contributed by atoms with Gasteiger partial charge in [-0.2, -0.15) is 0 Å². The van der Waals surface area contributed by atoms with E-state index in [9.17, 15) is 9.90 Å². The molecule has 0 atom stereocenters. The van der Waals surface area contributed by atoms with Crippen LogP contribution in [0.2, 0.25) is 0 Å². The molecule has 0 fully saturated rings. The van der Waals surface area contributed by atoms with Gasteiger partial charge in [-0.05, 0) is 17.7 Å². The van der Waals surface area contributed by atoms with Crippen LogP contribution in [0.5, 0.6) is 23.1 Å². The number of ether oxygens (including phenoxy) is 3. The van der Waals surface area contributed by atoms with E-state index >= 15 is 0 Å². The molecule has 108 valence electrons. The second-order valence-corrected chi connectivity index (χ2v) is 5.06. The van der Waals surface area contributed by atoms with Crippen molar-refractivity contribution < 1.29 is 19.3 Å². The largest absolute Gasteiger partial charge is 0.494 e. The number of nitrogens with one attached hydrogen (secondary N) is 1. The van der Waals surface area contributed by atoms with Gasteiger partial charge in [0.2, 0.25) is 11.6 Å². The topological polar surface area (TPSA) is 80.8 Å². The van der Waals surface area contributed by atoms with E-state index in [0.29, 0.717) is 28.5 Å². The van der Waals surface area contributed by atoms with E-state index in [1.165, 1.54) is 21.3 Å². The molecule has 0 aliphatic heterocycles. The van der Waals surface area contributed by atoms with E-state index in [1.807, 2.05) is 0 Å². The van der Waals surface area contributed by atoms with Crippen LogP contribution in [-0.2, 0) is 6.42 Å². The predicted molar refractivity (Wildman–Crippen MR) is 75.5 cm³/mol. The molecule has 20 heavy (non-hydrogen) atoms. The van der Waals surface area contributed by atoms with Crippen LogP contribution >= 0.6 is 11.3 Å². The molecule has 0 amide bonds. The smallest absolute Gasteiger partial charge is 0.307 e. The van der Waals surface area contributed by atoms with Crippen molar-refractivity contribution in [2.24, 2.45) is 0 Å². The number of benzene rings is 1. The molecule has 0 aliphatic carbocycles. The molecule has 1 aromatic heterocycles. The average Bonchev–Trinajstić information content (AvgIpc) is 2.75. The average molecular weight is 297 g/mol. The Morgan fingerprint density at radius 3 is 2.15 bits per heavy atom. The molecule has 1 heterocycles. The fraction of sp³-hybridized carbons (Fsp3) is 0.308. The van der Waals surface area contributed by atoms with Gasteiger partial charge in [0.05, 0.1) is 26.2 Å². The zero-order valence-electron chi connectivity index (χ0n) is 11.4. The first kappa shape index (κ1) is 14.3. The maximum Gasteiger partial charge on any atom is 0.307 e. The van der Waals surface area contributed by atoms with Gasteiger partial charge in [-0.25, -0.2) is 0 Å². The van der Waals surface area contributed by atoms with Crippen LogP contribution in [0, 0.1) is 0 Å². The maximum atomic E-state index is 11.2. The molecule has 0 unspecified atom stereocenters. The van der Waals surface area contributed by atoms with Crippen molar-refractivity contribution >= 4 is 11.3 Å². The first-order valence-corrected chi connectivity index (χ1v) is 6.60. The van der Waals surface area contributed by atoms with Gasteiger partial charge in [-0.3, -0.25) is 9.78 Å². The molecule has 6 nitrogen and oxygen atoms in total. The Kier molecular flexibility index (Phi) is 4.19. The Morgan fingerprint density at radius 2 is 1.75 bits per heavy atom. The van der Waals surface area contributed by atoms with Crippen LogP contribution < -0.4 is 19.1 Å². The summed E-state index contributed by atoms with van der Waals surface area (Å²) in [5.41, 5.74) is 0.838. The summed E-state index contributed by atoms with van der Waals surface area (Å²) >= 11 is 0.972. The van der Waals surface area contributed by atoms with Crippen LogP contribution in [0.4, 0.5) is 0 Å². The van der Waals surface area contributed by atoms with Gasteiger partial charge in [-0.15, -0.1) is 0 Å². The van der Waals surface area contributed by atoms with Gasteiger partial charge in [-0.1, -0.05) is 11.3 Å². The lowest BCUT2D eigenvalue weighted by Crippen LogP contribution is -1.97. The summed E-state index contributed by atoms with van der Waals surface area (Å²) in [4.78, 5) is 13.8. The zero-order valence-corrected chi connectivity index (χ0v) is 12.2. The standard InChI is InChI=1S/C13H15NO5S/c1-17-8-4-7(5-9(18-2)11(8)19-3)6-10-12(15)14-13(16)20-10/h4-5,15H,6H2,1-3H3,(H,14,16). The van der Waals surface area contributed by atoms with Gasteiger partial charge in [0.15, 0.2) is 11.5 Å². The minimum atomic E-state index is -0.287. The van der Waals surface area contributed by atoms with E-state index in [0.717, 1.165) is 16.9 Å². The number of rotatable bonds is 5. The zero-order chi connectivity index (χ0) is 14.7. The third kappa shape index (κ3) is 2.72. The molecule has 2 rings (SSSR count). The molecular formula is C13H15NO5S. The summed E-state index contributed by atoms with van der Waals surface area (Å²) in [6.45, 7) is 0. The van der Waals surface area contributed by atoms with Crippen LogP contribution in [0.25, 0.3) is 0 Å². The highest BCUT2D eigenvalue weighted by atomic mass is 32.1. The quantitative estimate of drug-likeness (QED) is 0.879. The van der Waals surface area contributed by atoms with Gasteiger partial charge in [0.25, 0.3) is 0 Å². The second kappa shape index (κ2) is 5.87. The first-order valence-electron chi connectivity index (χ1n) is 5.78. The normalized spacial score (nSPS) is 10.3. The monoisotopic (exact) mass is 297 g/mol. The first-order chi connectivity index (χ1) is 9.58. The van der Waals surface area contributed by atoms with Crippen molar-refractivity contribution in [3.8, 4) is 23.1 Å². The number of hydrogen-bond acceptors (Lipinski definition) is 6. The molecule has 0 spiro atoms. The second-order valence-electron chi connectivity index (χ2n) is 4.00. The number of hydrogen-bond donors (Lipinski definition) is 2. The molecule has 2 N–H and O–H groups in total. The van der Waals surface area contributed by atoms with E-state index in [-0.39, 0.29) is 10.8 Å². The van der Waals surface area contributed by atoms with Crippen molar-refractivity contribution in [3.63, 3.8) is 0 Å². The highest BCUT2D eigenvalue weighted by molar-refractivity contribution is 7.09. The number of H-pyrrole nitrogens is 1. The molecule has 0 saturated heterocycles. The van der Waals surface area contributed by atoms with Crippen molar-refractivity contribution in [2.45, 2.75) is 6.42 Å². The third-order valence-electron chi connectivity index (χ3n) is 2.79. The van der Waals surface area contributed by atoms with Gasteiger partial charge in [0, 0.05) is 6.42 Å². The highest BCUT2D eigenvalue weighted by Gasteiger charge is 2.15. The molecule has 1 aromatic carbocycles. The van der Waals surface area contributed by atoms with E-state index in [1.54, 1.807) is 12.1 Å². The fourth-order valence-corrected chi connectivity index (χ4v) is 2.65. The van der Waals surface area contributed by atoms with E-state index < -0.39 is 0 Å². The Morgan fingerprint density at radius 1 is 1.15 bits per heavy atom. The third-order valence-corrected chi connectivity index (χ3v) is 3.66. The number of aromatic amines is 1. The lowest BCUT2D eigenvalue weighted by Gasteiger charge is -2.13. The number of methoxy groups -OCH3 is 3. The fourth-order valence-electron chi connectivity index (χ4n) is 1.89. The molecule has 0 saturated carbocycles. The summed E-state index contributed by atoms with van der Waals surface area (Å²) in [5, 5.41) is 9.61. The van der Waals surface area contributed by atoms with Crippen molar-refractivity contribution in [2.75, 3.05) is 21.3 Å². The minimum Gasteiger partial charge on any atom is -0.494 e. The van der Waals surface area contributed by atoms with Crippen LogP contribution in [-0.4, -0.2) is 31.4 Å². The van der Waals surface area contributed by atoms with Crippen LogP contribution in [0.15, 0.2) is 16.9 Å². The summed E-state index contributed by atoms with van der Waals surface area (Å²) < 4.78 is 15.8. The molecular weight excluding hydrogens is 282 g/mol. The van der Waals surface area contributed by atoms with Crippen LogP contribution in [0.3, 0.4) is 0 Å². The Labute approximate surface area is 119 Å². The summed E-state index contributed by atoms with van der Waals surface area (Å²) in [5.74, 6) is 1.47.